The second-order valence-electron chi connectivity index (χ2n) is 4.13. The standard InChI is InChI=1S/C14H12N2O.C2H6/c1-10-8-14(17)15-16(10)13-7-6-11-4-2-3-5-12(11)9-13;1-2/h2-9H,1H3,(H,15,17);1-2H3. The molecule has 2 aromatic carbocycles. The first kappa shape index (κ1) is 13.1. The largest absolute Gasteiger partial charge is 0.268 e. The summed E-state index contributed by atoms with van der Waals surface area (Å²) in [6.07, 6.45) is 0. The molecule has 0 unspecified atom stereocenters. The fourth-order valence-electron chi connectivity index (χ4n) is 2.07. The van der Waals surface area contributed by atoms with E-state index in [0.717, 1.165) is 11.4 Å². The van der Waals surface area contributed by atoms with Gasteiger partial charge in [-0.1, -0.05) is 44.2 Å². The molecular weight excluding hydrogens is 236 g/mol. The smallest absolute Gasteiger partial charge is 0.264 e. The molecule has 0 radical (unpaired) electrons. The molecule has 3 nitrogen and oxygen atoms in total. The van der Waals surface area contributed by atoms with Crippen LogP contribution in [-0.4, -0.2) is 9.78 Å². The molecule has 3 aromatic rings. The van der Waals surface area contributed by atoms with E-state index < -0.39 is 0 Å². The molecule has 0 aliphatic heterocycles. The van der Waals surface area contributed by atoms with E-state index in [1.54, 1.807) is 10.7 Å². The Morgan fingerprint density at radius 2 is 1.63 bits per heavy atom. The number of nitrogens with zero attached hydrogens (tertiary/aromatic N) is 1. The summed E-state index contributed by atoms with van der Waals surface area (Å²) in [7, 11) is 0. The van der Waals surface area contributed by atoms with E-state index >= 15 is 0 Å². The molecule has 19 heavy (non-hydrogen) atoms. The zero-order chi connectivity index (χ0) is 13.8. The third-order valence-corrected chi connectivity index (χ3v) is 2.91. The molecule has 1 aromatic heterocycles. The molecule has 0 spiro atoms. The van der Waals surface area contributed by atoms with Crippen LogP contribution in [0.4, 0.5) is 0 Å². The van der Waals surface area contributed by atoms with Gasteiger partial charge in [-0.15, -0.1) is 0 Å². The van der Waals surface area contributed by atoms with E-state index in [4.69, 9.17) is 0 Å². The highest BCUT2D eigenvalue weighted by atomic mass is 16.1. The van der Waals surface area contributed by atoms with Gasteiger partial charge in [0.2, 0.25) is 0 Å². The number of H-pyrrole nitrogens is 1. The summed E-state index contributed by atoms with van der Waals surface area (Å²) >= 11 is 0. The monoisotopic (exact) mass is 254 g/mol. The summed E-state index contributed by atoms with van der Waals surface area (Å²) in [5.41, 5.74) is 1.81. The van der Waals surface area contributed by atoms with Crippen LogP contribution in [-0.2, 0) is 0 Å². The average molecular weight is 254 g/mol. The van der Waals surface area contributed by atoms with Crippen molar-refractivity contribution in [1.82, 2.24) is 9.78 Å². The second-order valence-corrected chi connectivity index (χ2v) is 4.13. The Morgan fingerprint density at radius 3 is 2.26 bits per heavy atom. The molecule has 0 aliphatic rings. The van der Waals surface area contributed by atoms with Gasteiger partial charge >= 0.3 is 0 Å². The number of hydrogen-bond acceptors (Lipinski definition) is 1. The van der Waals surface area contributed by atoms with Gasteiger partial charge in [-0.05, 0) is 29.8 Å². The molecule has 0 atom stereocenters. The molecule has 0 saturated heterocycles. The van der Waals surface area contributed by atoms with Gasteiger partial charge < -0.3 is 0 Å². The van der Waals surface area contributed by atoms with Crippen LogP contribution in [0.5, 0.6) is 0 Å². The first-order valence-electron chi connectivity index (χ1n) is 6.52. The van der Waals surface area contributed by atoms with Crippen molar-refractivity contribution in [2.75, 3.05) is 0 Å². The van der Waals surface area contributed by atoms with Crippen LogP contribution in [0.3, 0.4) is 0 Å². The lowest BCUT2D eigenvalue weighted by Crippen LogP contribution is -2.04. The van der Waals surface area contributed by atoms with Gasteiger partial charge in [0.15, 0.2) is 0 Å². The van der Waals surface area contributed by atoms with Crippen molar-refractivity contribution in [3.05, 3.63) is 64.6 Å². The van der Waals surface area contributed by atoms with E-state index in [1.807, 2.05) is 39.0 Å². The molecule has 0 saturated carbocycles. The number of benzene rings is 2. The molecule has 3 heteroatoms. The third kappa shape index (κ3) is 2.60. The summed E-state index contributed by atoms with van der Waals surface area (Å²) < 4.78 is 1.80. The lowest BCUT2D eigenvalue weighted by atomic mass is 10.1. The predicted molar refractivity (Wildman–Crippen MR) is 80.0 cm³/mol. The van der Waals surface area contributed by atoms with E-state index in [1.165, 1.54) is 10.8 Å². The van der Waals surface area contributed by atoms with Gasteiger partial charge in [-0.2, -0.15) is 0 Å². The maximum atomic E-state index is 11.3. The Hall–Kier alpha value is -2.29. The van der Waals surface area contributed by atoms with Crippen molar-refractivity contribution >= 4 is 10.8 Å². The second kappa shape index (κ2) is 5.57. The van der Waals surface area contributed by atoms with Crippen molar-refractivity contribution in [2.24, 2.45) is 0 Å². The summed E-state index contributed by atoms with van der Waals surface area (Å²) in [5, 5.41) is 5.15. The number of aromatic amines is 1. The van der Waals surface area contributed by atoms with Crippen LogP contribution in [0.2, 0.25) is 0 Å². The first-order chi connectivity index (χ1) is 9.24. The van der Waals surface area contributed by atoms with Gasteiger partial charge in [0.25, 0.3) is 5.56 Å². The van der Waals surface area contributed by atoms with Crippen LogP contribution >= 0.6 is 0 Å². The summed E-state index contributed by atoms with van der Waals surface area (Å²) in [4.78, 5) is 11.3. The van der Waals surface area contributed by atoms with E-state index in [0.29, 0.717) is 0 Å². The van der Waals surface area contributed by atoms with Crippen molar-refractivity contribution in [2.45, 2.75) is 20.8 Å². The van der Waals surface area contributed by atoms with Crippen molar-refractivity contribution in [3.63, 3.8) is 0 Å². The lowest BCUT2D eigenvalue weighted by Gasteiger charge is -2.06. The summed E-state index contributed by atoms with van der Waals surface area (Å²) in [6, 6.07) is 15.9. The fraction of sp³-hybridized carbons (Fsp3) is 0.188. The molecule has 0 aliphatic carbocycles. The first-order valence-corrected chi connectivity index (χ1v) is 6.52. The Bertz CT molecular complexity index is 738. The number of aryl methyl sites for hydroxylation is 1. The van der Waals surface area contributed by atoms with Gasteiger partial charge in [0.05, 0.1) is 5.69 Å². The molecule has 1 heterocycles. The van der Waals surface area contributed by atoms with Crippen LogP contribution in [0.15, 0.2) is 53.3 Å². The number of fused-ring (bicyclic) bond motifs is 1. The van der Waals surface area contributed by atoms with Gasteiger partial charge in [-0.3, -0.25) is 14.6 Å². The topological polar surface area (TPSA) is 37.8 Å². The van der Waals surface area contributed by atoms with E-state index in [2.05, 4.69) is 29.4 Å². The van der Waals surface area contributed by atoms with Gasteiger partial charge in [-0.25, -0.2) is 0 Å². The number of aromatic nitrogens is 2. The van der Waals surface area contributed by atoms with Gasteiger partial charge in [0.1, 0.15) is 0 Å². The third-order valence-electron chi connectivity index (χ3n) is 2.91. The molecule has 0 amide bonds. The molecular formula is C16H18N2O. The normalized spacial score (nSPS) is 10.1. The van der Waals surface area contributed by atoms with Crippen LogP contribution in [0.1, 0.15) is 19.5 Å². The SMILES string of the molecule is CC.Cc1cc(=O)[nH]n1-c1ccc2ccccc2c1. The van der Waals surface area contributed by atoms with Crippen molar-refractivity contribution < 1.29 is 0 Å². The van der Waals surface area contributed by atoms with Crippen molar-refractivity contribution in [3.8, 4) is 5.69 Å². The Morgan fingerprint density at radius 1 is 0.947 bits per heavy atom. The molecule has 0 fully saturated rings. The predicted octanol–water partition coefficient (Wildman–Crippen LogP) is 3.65. The number of rotatable bonds is 1. The van der Waals surface area contributed by atoms with E-state index in [-0.39, 0.29) is 5.56 Å². The number of nitrogens with one attached hydrogen (secondary N) is 1. The minimum atomic E-state index is -0.0735. The summed E-state index contributed by atoms with van der Waals surface area (Å²) in [6.45, 7) is 5.91. The van der Waals surface area contributed by atoms with Crippen LogP contribution in [0.25, 0.3) is 16.5 Å². The minimum absolute atomic E-state index is 0.0735. The zero-order valence-electron chi connectivity index (χ0n) is 11.5. The molecule has 3 rings (SSSR count). The Labute approximate surface area is 112 Å². The van der Waals surface area contributed by atoms with E-state index in [9.17, 15) is 4.79 Å². The minimum Gasteiger partial charge on any atom is -0.268 e. The van der Waals surface area contributed by atoms with Crippen LogP contribution < -0.4 is 5.56 Å². The highest BCUT2D eigenvalue weighted by molar-refractivity contribution is 5.84. The zero-order valence-corrected chi connectivity index (χ0v) is 11.5. The molecule has 1 N–H and O–H groups in total. The van der Waals surface area contributed by atoms with Crippen LogP contribution in [0, 0.1) is 6.92 Å². The molecule has 98 valence electrons. The van der Waals surface area contributed by atoms with Crippen molar-refractivity contribution in [1.29, 1.82) is 0 Å². The summed E-state index contributed by atoms with van der Waals surface area (Å²) in [5.74, 6) is 0. The maximum absolute atomic E-state index is 11.3. The number of hydrogen-bond donors (Lipinski definition) is 1. The highest BCUT2D eigenvalue weighted by Crippen LogP contribution is 2.18. The Kier molecular flexibility index (Phi) is 3.85. The Balaban J connectivity index is 0.000000637. The lowest BCUT2D eigenvalue weighted by molar-refractivity contribution is 0.836. The highest BCUT2D eigenvalue weighted by Gasteiger charge is 2.02. The fourth-order valence-corrected chi connectivity index (χ4v) is 2.07. The maximum Gasteiger partial charge on any atom is 0.264 e. The quantitative estimate of drug-likeness (QED) is 0.707. The average Bonchev–Trinajstić information content (AvgIpc) is 2.79. The molecule has 0 bridgehead atoms. The van der Waals surface area contributed by atoms with Gasteiger partial charge in [0, 0.05) is 11.8 Å².